The molecule has 0 aromatic carbocycles. The van der Waals surface area contributed by atoms with Gasteiger partial charge in [0.25, 0.3) is 5.56 Å². The van der Waals surface area contributed by atoms with Crippen LogP contribution in [0.25, 0.3) is 0 Å². The number of furan rings is 1. The molecule has 0 aliphatic carbocycles. The van der Waals surface area contributed by atoms with Crippen LogP contribution >= 0.6 is 0 Å². The Morgan fingerprint density at radius 2 is 2.11 bits per heavy atom. The van der Waals surface area contributed by atoms with Gasteiger partial charge in [-0.05, 0) is 31.5 Å². The first kappa shape index (κ1) is 17.8. The van der Waals surface area contributed by atoms with E-state index in [9.17, 15) is 9.59 Å². The van der Waals surface area contributed by atoms with Crippen molar-refractivity contribution >= 4 is 11.6 Å². The molecule has 8 nitrogen and oxygen atoms in total. The second-order valence-corrected chi connectivity index (χ2v) is 7.27. The molecule has 1 N–H and O–H groups in total. The molecule has 1 amide bonds. The molecule has 0 radical (unpaired) electrons. The number of amides is 1. The highest BCUT2D eigenvalue weighted by molar-refractivity contribution is 5.79. The molecule has 0 bridgehead atoms. The molecule has 1 atom stereocenters. The van der Waals surface area contributed by atoms with Gasteiger partial charge in [0.1, 0.15) is 5.76 Å². The highest BCUT2D eigenvalue weighted by atomic mass is 16.3. The molecule has 2 fully saturated rings. The fourth-order valence-electron chi connectivity index (χ4n) is 4.01. The first-order valence-electron chi connectivity index (χ1n) is 9.52. The molecule has 144 valence electrons. The predicted octanol–water partition coefficient (Wildman–Crippen LogP) is 0.924. The van der Waals surface area contributed by atoms with Crippen molar-refractivity contribution in [1.82, 2.24) is 20.0 Å². The molecule has 2 aromatic rings. The summed E-state index contributed by atoms with van der Waals surface area (Å²) >= 11 is 0. The average molecular weight is 371 g/mol. The van der Waals surface area contributed by atoms with Crippen LogP contribution in [0.1, 0.15) is 18.6 Å². The van der Waals surface area contributed by atoms with Gasteiger partial charge in [0.2, 0.25) is 5.91 Å². The number of piperazine rings is 1. The summed E-state index contributed by atoms with van der Waals surface area (Å²) in [7, 11) is 0. The molecule has 27 heavy (non-hydrogen) atoms. The Morgan fingerprint density at radius 3 is 2.85 bits per heavy atom. The Labute approximate surface area is 157 Å². The average Bonchev–Trinajstić information content (AvgIpc) is 3.21. The van der Waals surface area contributed by atoms with Crippen molar-refractivity contribution in [2.45, 2.75) is 19.4 Å². The maximum absolute atomic E-state index is 13.0. The van der Waals surface area contributed by atoms with Crippen molar-refractivity contribution < 1.29 is 9.21 Å². The van der Waals surface area contributed by atoms with Crippen LogP contribution in [0.3, 0.4) is 0 Å². The van der Waals surface area contributed by atoms with Crippen LogP contribution in [-0.4, -0.2) is 65.2 Å². The van der Waals surface area contributed by atoms with Crippen LogP contribution in [0, 0.1) is 5.92 Å². The van der Waals surface area contributed by atoms with Gasteiger partial charge >= 0.3 is 0 Å². The summed E-state index contributed by atoms with van der Waals surface area (Å²) in [6.07, 6.45) is 5.34. The fraction of sp³-hybridized carbons (Fsp3) is 0.526. The number of rotatable bonds is 4. The van der Waals surface area contributed by atoms with Gasteiger partial charge in [-0.15, -0.1) is 0 Å². The number of nitrogens with zero attached hydrogens (tertiary/aromatic N) is 4. The van der Waals surface area contributed by atoms with Gasteiger partial charge in [0, 0.05) is 38.8 Å². The zero-order chi connectivity index (χ0) is 18.6. The number of aromatic nitrogens is 2. The summed E-state index contributed by atoms with van der Waals surface area (Å²) in [6.45, 7) is 5.37. The largest absolute Gasteiger partial charge is 0.468 e. The maximum Gasteiger partial charge on any atom is 0.266 e. The van der Waals surface area contributed by atoms with Crippen molar-refractivity contribution in [3.8, 4) is 0 Å². The van der Waals surface area contributed by atoms with E-state index in [1.165, 1.54) is 0 Å². The third-order valence-electron chi connectivity index (χ3n) is 5.42. The number of hydrogen-bond donors (Lipinski definition) is 1. The molecule has 4 rings (SSSR count). The van der Waals surface area contributed by atoms with E-state index in [-0.39, 0.29) is 17.4 Å². The van der Waals surface area contributed by atoms with Gasteiger partial charge in [-0.25, -0.2) is 5.10 Å². The number of anilines is 1. The predicted molar refractivity (Wildman–Crippen MR) is 100 cm³/mol. The number of piperidine rings is 1. The van der Waals surface area contributed by atoms with Crippen LogP contribution in [0.5, 0.6) is 0 Å². The highest BCUT2D eigenvalue weighted by Crippen LogP contribution is 2.22. The molecule has 8 heteroatoms. The summed E-state index contributed by atoms with van der Waals surface area (Å²) < 4.78 is 5.44. The molecule has 1 unspecified atom stereocenters. The minimum Gasteiger partial charge on any atom is -0.468 e. The van der Waals surface area contributed by atoms with Crippen LogP contribution in [0.4, 0.5) is 5.69 Å². The van der Waals surface area contributed by atoms with Crippen LogP contribution in [0.2, 0.25) is 0 Å². The van der Waals surface area contributed by atoms with Gasteiger partial charge in [-0.3, -0.25) is 14.5 Å². The molecular weight excluding hydrogens is 346 g/mol. The summed E-state index contributed by atoms with van der Waals surface area (Å²) in [5.74, 6) is 1.26. The highest BCUT2D eigenvalue weighted by Gasteiger charge is 2.31. The number of nitrogens with one attached hydrogen (secondary N) is 1. The Bertz CT molecular complexity index is 811. The van der Waals surface area contributed by atoms with Gasteiger partial charge in [-0.2, -0.15) is 5.10 Å². The van der Waals surface area contributed by atoms with Gasteiger partial charge in [-0.1, -0.05) is 0 Å². The maximum atomic E-state index is 13.0. The van der Waals surface area contributed by atoms with E-state index in [0.29, 0.717) is 13.1 Å². The van der Waals surface area contributed by atoms with Crippen LogP contribution < -0.4 is 10.5 Å². The van der Waals surface area contributed by atoms with E-state index in [0.717, 1.165) is 57.0 Å². The number of carbonyl (C=O) groups is 1. The van der Waals surface area contributed by atoms with Gasteiger partial charge in [0.15, 0.2) is 0 Å². The zero-order valence-corrected chi connectivity index (χ0v) is 15.3. The Morgan fingerprint density at radius 1 is 1.26 bits per heavy atom. The molecule has 0 saturated carbocycles. The Balaban J connectivity index is 1.31. The smallest absolute Gasteiger partial charge is 0.266 e. The van der Waals surface area contributed by atoms with Crippen LogP contribution in [-0.2, 0) is 11.3 Å². The van der Waals surface area contributed by atoms with E-state index < -0.39 is 0 Å². The SMILES string of the molecule is O=C(C1CCCN(Cc2ccco2)C1)N1CCN(c2cn[nH]c(=O)c2)CC1. The summed E-state index contributed by atoms with van der Waals surface area (Å²) in [5.41, 5.74) is 0.609. The molecule has 2 aliphatic heterocycles. The first-order chi connectivity index (χ1) is 13.2. The van der Waals surface area contributed by atoms with Crippen molar-refractivity contribution in [1.29, 1.82) is 0 Å². The minimum atomic E-state index is -0.204. The zero-order valence-electron chi connectivity index (χ0n) is 15.3. The van der Waals surface area contributed by atoms with Crippen molar-refractivity contribution in [3.05, 3.63) is 46.8 Å². The third-order valence-corrected chi connectivity index (χ3v) is 5.42. The van der Waals surface area contributed by atoms with Crippen molar-refractivity contribution in [2.75, 3.05) is 44.2 Å². The van der Waals surface area contributed by atoms with E-state index >= 15 is 0 Å². The summed E-state index contributed by atoms with van der Waals surface area (Å²) in [5, 5.41) is 6.25. The van der Waals surface area contributed by atoms with E-state index in [1.54, 1.807) is 18.5 Å². The molecule has 2 saturated heterocycles. The standard InChI is InChI=1S/C19H25N5O3/c25-18-11-16(12-20-21-18)23-6-8-24(9-7-23)19(26)15-3-1-5-22(13-15)14-17-4-2-10-27-17/h2,4,10-12,15H,1,3,5-9,13-14H2,(H,21,25). The topological polar surface area (TPSA) is 85.7 Å². The lowest BCUT2D eigenvalue weighted by atomic mass is 9.96. The number of aromatic amines is 1. The Kier molecular flexibility index (Phi) is 5.24. The van der Waals surface area contributed by atoms with Gasteiger partial charge < -0.3 is 14.2 Å². The molecule has 0 spiro atoms. The second kappa shape index (κ2) is 7.96. The summed E-state index contributed by atoms with van der Waals surface area (Å²) in [6, 6.07) is 5.43. The molecule has 2 aromatic heterocycles. The summed E-state index contributed by atoms with van der Waals surface area (Å²) in [4.78, 5) is 30.8. The number of hydrogen-bond acceptors (Lipinski definition) is 6. The lowest BCUT2D eigenvalue weighted by Crippen LogP contribution is -2.52. The van der Waals surface area contributed by atoms with Crippen molar-refractivity contribution in [3.63, 3.8) is 0 Å². The number of likely N-dealkylation sites (tertiary alicyclic amines) is 1. The lowest BCUT2D eigenvalue weighted by Gasteiger charge is -2.39. The van der Waals surface area contributed by atoms with E-state index in [4.69, 9.17) is 4.42 Å². The normalized spacial score (nSPS) is 21.4. The van der Waals surface area contributed by atoms with Crippen LogP contribution in [0.15, 0.2) is 39.9 Å². The Hall–Kier alpha value is -2.61. The number of H-pyrrole nitrogens is 1. The first-order valence-corrected chi connectivity index (χ1v) is 9.52. The molecule has 2 aliphatic rings. The third kappa shape index (κ3) is 4.21. The van der Waals surface area contributed by atoms with E-state index in [2.05, 4.69) is 20.0 Å². The monoisotopic (exact) mass is 371 g/mol. The molecular formula is C19H25N5O3. The van der Waals surface area contributed by atoms with Crippen molar-refractivity contribution in [2.24, 2.45) is 5.92 Å². The second-order valence-electron chi connectivity index (χ2n) is 7.27. The molecule has 4 heterocycles. The minimum absolute atomic E-state index is 0.0569. The quantitative estimate of drug-likeness (QED) is 0.860. The lowest BCUT2D eigenvalue weighted by molar-refractivity contribution is -0.137. The van der Waals surface area contributed by atoms with E-state index in [1.807, 2.05) is 17.0 Å². The fourth-order valence-corrected chi connectivity index (χ4v) is 4.01. The number of carbonyl (C=O) groups excluding carboxylic acids is 1. The van der Waals surface area contributed by atoms with Gasteiger partial charge in [0.05, 0.1) is 30.6 Å².